The molecule has 0 heterocycles. The van der Waals surface area contributed by atoms with Crippen LogP contribution in [-0.2, 0) is 6.42 Å². The summed E-state index contributed by atoms with van der Waals surface area (Å²) < 4.78 is 0. The summed E-state index contributed by atoms with van der Waals surface area (Å²) in [5.41, 5.74) is 8.25. The summed E-state index contributed by atoms with van der Waals surface area (Å²) in [6, 6.07) is 7.12. The van der Waals surface area contributed by atoms with Gasteiger partial charge in [0.15, 0.2) is 0 Å². The lowest BCUT2D eigenvalue weighted by Gasteiger charge is -2.35. The summed E-state index contributed by atoms with van der Waals surface area (Å²) in [5, 5.41) is 0.848. The SMILES string of the molecule is CCC(CC)N(CC(C)C)c1ccc(CC(C)N)cc1Cl. The molecule has 1 rings (SSSR count). The number of hydrogen-bond donors (Lipinski definition) is 1. The first kappa shape index (κ1) is 18.3. The molecule has 0 spiro atoms. The summed E-state index contributed by atoms with van der Waals surface area (Å²) in [6.45, 7) is 12.1. The standard InChI is InChI=1S/C18H31ClN2/c1-6-16(7-2)21(12-13(3)4)18-9-8-15(10-14(5)20)11-17(18)19/h8-9,11,13-14,16H,6-7,10,12,20H2,1-5H3. The number of benzene rings is 1. The molecule has 0 bridgehead atoms. The summed E-state index contributed by atoms with van der Waals surface area (Å²) in [7, 11) is 0. The lowest BCUT2D eigenvalue weighted by Crippen LogP contribution is -2.37. The zero-order valence-corrected chi connectivity index (χ0v) is 15.0. The monoisotopic (exact) mass is 310 g/mol. The number of hydrogen-bond acceptors (Lipinski definition) is 2. The Bertz CT molecular complexity index is 425. The van der Waals surface area contributed by atoms with E-state index in [0.29, 0.717) is 12.0 Å². The Morgan fingerprint density at radius 3 is 2.19 bits per heavy atom. The number of nitrogens with two attached hydrogens (primary N) is 1. The Balaban J connectivity index is 3.06. The van der Waals surface area contributed by atoms with Gasteiger partial charge in [-0.25, -0.2) is 0 Å². The molecule has 0 amide bonds. The zero-order chi connectivity index (χ0) is 16.0. The van der Waals surface area contributed by atoms with Crippen molar-refractivity contribution in [2.75, 3.05) is 11.4 Å². The van der Waals surface area contributed by atoms with Crippen molar-refractivity contribution in [3.63, 3.8) is 0 Å². The Labute approximate surface area is 135 Å². The highest BCUT2D eigenvalue weighted by Gasteiger charge is 2.19. The first-order valence-electron chi connectivity index (χ1n) is 8.19. The molecule has 0 saturated heterocycles. The number of halogens is 1. The van der Waals surface area contributed by atoms with Gasteiger partial charge in [-0.1, -0.05) is 45.4 Å². The minimum Gasteiger partial charge on any atom is -0.367 e. The fourth-order valence-electron chi connectivity index (χ4n) is 2.85. The Morgan fingerprint density at radius 1 is 1.14 bits per heavy atom. The molecule has 0 radical (unpaired) electrons. The van der Waals surface area contributed by atoms with Gasteiger partial charge < -0.3 is 10.6 Å². The van der Waals surface area contributed by atoms with E-state index >= 15 is 0 Å². The third-order valence-electron chi connectivity index (χ3n) is 3.82. The molecule has 0 aliphatic rings. The molecular weight excluding hydrogens is 280 g/mol. The van der Waals surface area contributed by atoms with Gasteiger partial charge in [0.2, 0.25) is 0 Å². The molecule has 1 atom stereocenters. The minimum absolute atomic E-state index is 0.165. The molecule has 0 aliphatic heterocycles. The van der Waals surface area contributed by atoms with Crippen LogP contribution in [0.3, 0.4) is 0 Å². The van der Waals surface area contributed by atoms with E-state index in [1.165, 1.54) is 5.56 Å². The van der Waals surface area contributed by atoms with E-state index in [1.807, 2.05) is 6.92 Å². The van der Waals surface area contributed by atoms with Crippen molar-refractivity contribution in [1.82, 2.24) is 0 Å². The molecule has 21 heavy (non-hydrogen) atoms. The highest BCUT2D eigenvalue weighted by atomic mass is 35.5. The molecule has 3 heteroatoms. The van der Waals surface area contributed by atoms with E-state index in [1.54, 1.807) is 0 Å². The summed E-state index contributed by atoms with van der Waals surface area (Å²) >= 11 is 6.57. The van der Waals surface area contributed by atoms with Crippen LogP contribution in [0, 0.1) is 5.92 Å². The van der Waals surface area contributed by atoms with Crippen LogP contribution in [0.4, 0.5) is 5.69 Å². The van der Waals surface area contributed by atoms with Gasteiger partial charge in [0.1, 0.15) is 0 Å². The molecule has 0 saturated carbocycles. The van der Waals surface area contributed by atoms with E-state index in [0.717, 1.165) is 36.5 Å². The quantitative estimate of drug-likeness (QED) is 0.741. The van der Waals surface area contributed by atoms with Crippen LogP contribution in [0.15, 0.2) is 18.2 Å². The number of anilines is 1. The Kier molecular flexibility index (Phi) is 7.55. The first-order chi connectivity index (χ1) is 9.88. The van der Waals surface area contributed by atoms with E-state index in [-0.39, 0.29) is 6.04 Å². The molecule has 1 aromatic carbocycles. The zero-order valence-electron chi connectivity index (χ0n) is 14.2. The van der Waals surface area contributed by atoms with Gasteiger partial charge in [0, 0.05) is 18.6 Å². The molecule has 1 aromatic rings. The third kappa shape index (κ3) is 5.52. The van der Waals surface area contributed by atoms with Gasteiger partial charge in [-0.2, -0.15) is 0 Å². The fraction of sp³-hybridized carbons (Fsp3) is 0.667. The summed E-state index contributed by atoms with van der Waals surface area (Å²) in [4.78, 5) is 2.47. The van der Waals surface area contributed by atoms with Crippen molar-refractivity contribution in [3.8, 4) is 0 Å². The number of rotatable bonds is 8. The van der Waals surface area contributed by atoms with Crippen LogP contribution in [0.25, 0.3) is 0 Å². The van der Waals surface area contributed by atoms with Crippen molar-refractivity contribution in [2.24, 2.45) is 11.7 Å². The van der Waals surface area contributed by atoms with Crippen LogP contribution < -0.4 is 10.6 Å². The van der Waals surface area contributed by atoms with Crippen LogP contribution in [0.1, 0.15) is 53.0 Å². The fourth-order valence-corrected chi connectivity index (χ4v) is 3.16. The molecular formula is C18H31ClN2. The average Bonchev–Trinajstić information content (AvgIpc) is 2.38. The lowest BCUT2D eigenvalue weighted by atomic mass is 10.0. The Hall–Kier alpha value is -0.730. The van der Waals surface area contributed by atoms with Crippen LogP contribution >= 0.6 is 11.6 Å². The molecule has 0 fully saturated rings. The van der Waals surface area contributed by atoms with Gasteiger partial charge in [0.25, 0.3) is 0 Å². The van der Waals surface area contributed by atoms with Crippen molar-refractivity contribution < 1.29 is 0 Å². The second-order valence-electron chi connectivity index (χ2n) is 6.48. The third-order valence-corrected chi connectivity index (χ3v) is 4.13. The summed E-state index contributed by atoms with van der Waals surface area (Å²) in [6.07, 6.45) is 3.15. The topological polar surface area (TPSA) is 29.3 Å². The van der Waals surface area contributed by atoms with Crippen molar-refractivity contribution >= 4 is 17.3 Å². The predicted octanol–water partition coefficient (Wildman–Crippen LogP) is 4.88. The maximum absolute atomic E-state index is 6.57. The van der Waals surface area contributed by atoms with E-state index in [4.69, 9.17) is 17.3 Å². The normalized spacial score (nSPS) is 13.0. The van der Waals surface area contributed by atoms with E-state index in [9.17, 15) is 0 Å². The maximum Gasteiger partial charge on any atom is 0.0642 e. The van der Waals surface area contributed by atoms with Crippen LogP contribution in [0.2, 0.25) is 5.02 Å². The van der Waals surface area contributed by atoms with E-state index < -0.39 is 0 Å². The lowest BCUT2D eigenvalue weighted by molar-refractivity contribution is 0.507. The highest BCUT2D eigenvalue weighted by Crippen LogP contribution is 2.31. The van der Waals surface area contributed by atoms with Crippen molar-refractivity contribution in [3.05, 3.63) is 28.8 Å². The van der Waals surface area contributed by atoms with E-state index in [2.05, 4.69) is 50.8 Å². The smallest absolute Gasteiger partial charge is 0.0642 e. The largest absolute Gasteiger partial charge is 0.367 e. The minimum atomic E-state index is 0.165. The summed E-state index contributed by atoms with van der Waals surface area (Å²) in [5.74, 6) is 0.616. The van der Waals surface area contributed by atoms with Crippen LogP contribution in [-0.4, -0.2) is 18.6 Å². The molecule has 2 nitrogen and oxygen atoms in total. The van der Waals surface area contributed by atoms with Crippen molar-refractivity contribution in [2.45, 2.75) is 66.0 Å². The Morgan fingerprint density at radius 2 is 1.76 bits per heavy atom. The first-order valence-corrected chi connectivity index (χ1v) is 8.57. The van der Waals surface area contributed by atoms with Gasteiger partial charge in [-0.3, -0.25) is 0 Å². The van der Waals surface area contributed by atoms with Crippen LogP contribution in [0.5, 0.6) is 0 Å². The van der Waals surface area contributed by atoms with Gasteiger partial charge in [-0.15, -0.1) is 0 Å². The second kappa shape index (κ2) is 8.65. The van der Waals surface area contributed by atoms with Crippen molar-refractivity contribution in [1.29, 1.82) is 0 Å². The van der Waals surface area contributed by atoms with Gasteiger partial charge >= 0.3 is 0 Å². The molecule has 1 unspecified atom stereocenters. The molecule has 0 aliphatic carbocycles. The second-order valence-corrected chi connectivity index (χ2v) is 6.89. The highest BCUT2D eigenvalue weighted by molar-refractivity contribution is 6.33. The van der Waals surface area contributed by atoms with Gasteiger partial charge in [-0.05, 0) is 49.8 Å². The molecule has 0 aromatic heterocycles. The predicted molar refractivity (Wildman–Crippen MR) is 95.4 cm³/mol. The molecule has 120 valence electrons. The van der Waals surface area contributed by atoms with Gasteiger partial charge in [0.05, 0.1) is 10.7 Å². The average molecular weight is 311 g/mol. The number of nitrogens with zero attached hydrogens (tertiary/aromatic N) is 1. The maximum atomic E-state index is 6.57. The molecule has 2 N–H and O–H groups in total.